The fraction of sp³-hybridized carbons (Fsp3) is 0.350. The molecule has 158 valence electrons. The summed E-state index contributed by atoms with van der Waals surface area (Å²) in [7, 11) is 0. The van der Waals surface area contributed by atoms with Gasteiger partial charge in [0.15, 0.2) is 0 Å². The highest BCUT2D eigenvalue weighted by molar-refractivity contribution is 7.18. The van der Waals surface area contributed by atoms with Crippen molar-refractivity contribution in [2.24, 2.45) is 0 Å². The Morgan fingerprint density at radius 1 is 1.23 bits per heavy atom. The highest BCUT2D eigenvalue weighted by atomic mass is 35.5. The van der Waals surface area contributed by atoms with Crippen molar-refractivity contribution in [3.05, 3.63) is 55.9 Å². The Morgan fingerprint density at radius 3 is 2.77 bits per heavy atom. The van der Waals surface area contributed by atoms with Crippen molar-refractivity contribution in [2.75, 3.05) is 5.32 Å². The monoisotopic (exact) mass is 455 g/mol. The first-order chi connectivity index (χ1) is 14.2. The second kappa shape index (κ2) is 8.03. The van der Waals surface area contributed by atoms with Gasteiger partial charge in [-0.15, -0.1) is 11.3 Å². The first-order valence-corrected chi connectivity index (χ1v) is 10.6. The van der Waals surface area contributed by atoms with Crippen LogP contribution in [0.15, 0.2) is 29.3 Å². The molecule has 0 atom stereocenters. The van der Waals surface area contributed by atoms with Gasteiger partial charge in [0.05, 0.1) is 23.0 Å². The quantitative estimate of drug-likeness (QED) is 0.563. The molecule has 3 aromatic rings. The Bertz CT molecular complexity index is 1190. The van der Waals surface area contributed by atoms with Gasteiger partial charge in [-0.25, -0.2) is 4.98 Å². The van der Waals surface area contributed by atoms with E-state index in [0.717, 1.165) is 59.2 Å². The van der Waals surface area contributed by atoms with Gasteiger partial charge in [-0.05, 0) is 49.4 Å². The summed E-state index contributed by atoms with van der Waals surface area (Å²) in [5.74, 6) is -0.757. The molecule has 2 heterocycles. The van der Waals surface area contributed by atoms with Crippen LogP contribution in [0.25, 0.3) is 10.2 Å². The normalized spacial score (nSPS) is 14.4. The van der Waals surface area contributed by atoms with E-state index in [1.807, 2.05) is 0 Å². The average molecular weight is 456 g/mol. The number of carbonyl (C=O) groups excluding carboxylic acids is 1. The minimum atomic E-state index is -4.68. The van der Waals surface area contributed by atoms with E-state index in [1.54, 1.807) is 0 Å². The number of nitrogens with one attached hydrogen (secondary N) is 1. The SMILES string of the molecule is O=C(Cn1cnc2sc3c(c2c1=O)CCCCC3)Nc1ccc(Cl)cc1C(F)(F)F. The molecule has 0 saturated carbocycles. The Morgan fingerprint density at radius 2 is 2.00 bits per heavy atom. The summed E-state index contributed by atoms with van der Waals surface area (Å²) in [6.07, 6.45) is 1.45. The summed E-state index contributed by atoms with van der Waals surface area (Å²) in [4.78, 5) is 31.5. The van der Waals surface area contributed by atoms with Gasteiger partial charge in [0.1, 0.15) is 11.4 Å². The number of nitrogens with zero attached hydrogens (tertiary/aromatic N) is 2. The molecular formula is C20H17ClF3N3O2S. The maximum atomic E-state index is 13.2. The molecule has 0 unspecified atom stereocenters. The van der Waals surface area contributed by atoms with E-state index in [2.05, 4.69) is 10.3 Å². The molecule has 0 saturated heterocycles. The van der Waals surface area contributed by atoms with Crippen molar-refractivity contribution >= 4 is 44.7 Å². The number of thiophene rings is 1. The third-order valence-corrected chi connectivity index (χ3v) is 6.50. The van der Waals surface area contributed by atoms with Crippen LogP contribution in [0.5, 0.6) is 0 Å². The number of hydrogen-bond acceptors (Lipinski definition) is 4. The van der Waals surface area contributed by atoms with Crippen LogP contribution in [-0.4, -0.2) is 15.5 Å². The molecule has 1 amide bonds. The lowest BCUT2D eigenvalue weighted by Gasteiger charge is -2.14. The average Bonchev–Trinajstić information content (AvgIpc) is 2.87. The number of amides is 1. The lowest BCUT2D eigenvalue weighted by Crippen LogP contribution is -2.28. The molecule has 1 aliphatic carbocycles. The Kier molecular flexibility index (Phi) is 5.59. The molecule has 1 aliphatic rings. The number of aryl methyl sites for hydroxylation is 2. The molecule has 0 fully saturated rings. The number of hydrogen-bond donors (Lipinski definition) is 1. The van der Waals surface area contributed by atoms with Gasteiger partial charge in [0.2, 0.25) is 5.91 Å². The van der Waals surface area contributed by atoms with E-state index in [4.69, 9.17) is 11.6 Å². The van der Waals surface area contributed by atoms with Crippen molar-refractivity contribution in [2.45, 2.75) is 44.8 Å². The third kappa shape index (κ3) is 4.09. The largest absolute Gasteiger partial charge is 0.418 e. The molecule has 5 nitrogen and oxygen atoms in total. The van der Waals surface area contributed by atoms with Crippen molar-refractivity contribution in [1.29, 1.82) is 0 Å². The van der Waals surface area contributed by atoms with E-state index < -0.39 is 29.9 Å². The highest BCUT2D eigenvalue weighted by Crippen LogP contribution is 2.36. The second-order valence-corrected chi connectivity index (χ2v) is 8.68. The third-order valence-electron chi connectivity index (χ3n) is 5.07. The zero-order valence-electron chi connectivity index (χ0n) is 15.7. The number of halogens is 4. The molecule has 0 bridgehead atoms. The van der Waals surface area contributed by atoms with Crippen LogP contribution in [0.2, 0.25) is 5.02 Å². The van der Waals surface area contributed by atoms with Crippen LogP contribution in [0.3, 0.4) is 0 Å². The minimum Gasteiger partial charge on any atom is -0.324 e. The van der Waals surface area contributed by atoms with Gasteiger partial charge < -0.3 is 5.32 Å². The molecule has 2 aromatic heterocycles. The molecule has 0 radical (unpaired) electrons. The van der Waals surface area contributed by atoms with Gasteiger partial charge >= 0.3 is 6.18 Å². The molecule has 0 aliphatic heterocycles. The summed E-state index contributed by atoms with van der Waals surface area (Å²) in [5.41, 5.74) is -0.811. The lowest BCUT2D eigenvalue weighted by molar-refractivity contribution is -0.137. The second-order valence-electron chi connectivity index (χ2n) is 7.16. The van der Waals surface area contributed by atoms with Gasteiger partial charge in [-0.3, -0.25) is 14.2 Å². The summed E-state index contributed by atoms with van der Waals surface area (Å²) >= 11 is 7.16. The van der Waals surface area contributed by atoms with Crippen molar-refractivity contribution in [1.82, 2.24) is 9.55 Å². The van der Waals surface area contributed by atoms with Gasteiger partial charge in [-0.2, -0.15) is 13.2 Å². The fourth-order valence-electron chi connectivity index (χ4n) is 3.67. The van der Waals surface area contributed by atoms with E-state index >= 15 is 0 Å². The smallest absolute Gasteiger partial charge is 0.324 e. The number of benzene rings is 1. The summed E-state index contributed by atoms with van der Waals surface area (Å²) < 4.78 is 40.8. The van der Waals surface area contributed by atoms with Gasteiger partial charge in [0, 0.05) is 9.90 Å². The first kappa shape index (κ1) is 20.9. The topological polar surface area (TPSA) is 64.0 Å². The fourth-order valence-corrected chi connectivity index (χ4v) is 5.07. The predicted molar refractivity (Wildman–Crippen MR) is 110 cm³/mol. The molecule has 0 spiro atoms. The Balaban J connectivity index is 1.62. The summed E-state index contributed by atoms with van der Waals surface area (Å²) in [6.45, 7) is -0.438. The number of carbonyl (C=O) groups is 1. The standard InChI is InChI=1S/C20H17ClF3N3O2S/c21-11-6-7-14(13(8-11)20(22,23)24)26-16(28)9-27-10-25-18-17(19(27)29)12-4-2-1-3-5-15(12)30-18/h6-8,10H,1-5,9H2,(H,26,28). The Hall–Kier alpha value is -2.39. The van der Waals surface area contributed by atoms with Gasteiger partial charge in [-0.1, -0.05) is 18.0 Å². The molecule has 30 heavy (non-hydrogen) atoms. The van der Waals surface area contributed by atoms with Crippen LogP contribution in [0, 0.1) is 0 Å². The van der Waals surface area contributed by atoms with Crippen LogP contribution in [-0.2, 0) is 30.4 Å². The number of anilines is 1. The van der Waals surface area contributed by atoms with Crippen LogP contribution in [0.4, 0.5) is 18.9 Å². The minimum absolute atomic E-state index is 0.0932. The summed E-state index contributed by atoms with van der Waals surface area (Å²) in [5, 5.41) is 2.66. The first-order valence-electron chi connectivity index (χ1n) is 9.40. The van der Waals surface area contributed by atoms with Crippen molar-refractivity contribution < 1.29 is 18.0 Å². The van der Waals surface area contributed by atoms with Crippen LogP contribution in [0.1, 0.15) is 35.3 Å². The van der Waals surface area contributed by atoms with Gasteiger partial charge in [0.25, 0.3) is 5.56 Å². The highest BCUT2D eigenvalue weighted by Gasteiger charge is 2.34. The van der Waals surface area contributed by atoms with Crippen molar-refractivity contribution in [3.8, 4) is 0 Å². The zero-order chi connectivity index (χ0) is 21.5. The lowest BCUT2D eigenvalue weighted by atomic mass is 10.1. The Labute approximate surface area is 178 Å². The maximum absolute atomic E-state index is 13.2. The van der Waals surface area contributed by atoms with E-state index in [1.165, 1.54) is 23.7 Å². The molecule has 1 N–H and O–H groups in total. The number of rotatable bonds is 3. The van der Waals surface area contributed by atoms with E-state index in [9.17, 15) is 22.8 Å². The molecule has 4 rings (SSSR count). The zero-order valence-corrected chi connectivity index (χ0v) is 17.3. The van der Waals surface area contributed by atoms with E-state index in [-0.39, 0.29) is 10.6 Å². The molecule has 10 heteroatoms. The van der Waals surface area contributed by atoms with E-state index in [0.29, 0.717) is 10.2 Å². The molecule has 1 aromatic carbocycles. The van der Waals surface area contributed by atoms with Crippen LogP contribution >= 0.6 is 22.9 Å². The predicted octanol–water partition coefficient (Wildman–Crippen LogP) is 5.04. The number of fused-ring (bicyclic) bond motifs is 3. The maximum Gasteiger partial charge on any atom is 0.418 e. The summed E-state index contributed by atoms with van der Waals surface area (Å²) in [6, 6.07) is 3.09. The molecular weight excluding hydrogens is 439 g/mol. The van der Waals surface area contributed by atoms with Crippen molar-refractivity contribution in [3.63, 3.8) is 0 Å². The number of aromatic nitrogens is 2. The van der Waals surface area contributed by atoms with Crippen LogP contribution < -0.4 is 10.9 Å². The number of alkyl halides is 3.